The first-order valence-electron chi connectivity index (χ1n) is 11.3. The molecule has 1 N–H and O–H groups in total. The summed E-state index contributed by atoms with van der Waals surface area (Å²) in [5.41, 5.74) is 1.31. The van der Waals surface area contributed by atoms with Gasteiger partial charge in [-0.15, -0.1) is 0 Å². The van der Waals surface area contributed by atoms with Crippen LogP contribution in [0.1, 0.15) is 16.9 Å². The lowest BCUT2D eigenvalue weighted by Crippen LogP contribution is -2.53. The van der Waals surface area contributed by atoms with Crippen molar-refractivity contribution in [3.63, 3.8) is 0 Å². The van der Waals surface area contributed by atoms with E-state index in [0.29, 0.717) is 33.9 Å². The highest BCUT2D eigenvalue weighted by Gasteiger charge is 2.36. The maximum Gasteiger partial charge on any atom is 0.331 e. The third-order valence-electron chi connectivity index (χ3n) is 5.84. The second-order valence-corrected chi connectivity index (χ2v) is 9.15. The van der Waals surface area contributed by atoms with E-state index in [0.717, 1.165) is 21.2 Å². The van der Waals surface area contributed by atoms with Gasteiger partial charge in [-0.1, -0.05) is 36.4 Å². The lowest BCUT2D eigenvalue weighted by atomic mass is 10.1. The number of amides is 4. The number of hydrogen-bond acceptors (Lipinski definition) is 6. The minimum Gasteiger partial charge on any atom is -0.493 e. The van der Waals surface area contributed by atoms with Crippen LogP contribution < -0.4 is 14.8 Å². The molecule has 1 aliphatic heterocycles. The van der Waals surface area contributed by atoms with E-state index in [1.165, 1.54) is 19.4 Å². The van der Waals surface area contributed by atoms with E-state index in [1.54, 1.807) is 24.3 Å². The second-order valence-electron chi connectivity index (χ2n) is 8.29. The van der Waals surface area contributed by atoms with Crippen LogP contribution >= 0.6 is 15.9 Å². The van der Waals surface area contributed by atoms with Gasteiger partial charge in [0.05, 0.1) is 24.4 Å². The third-order valence-corrected chi connectivity index (χ3v) is 6.43. The van der Waals surface area contributed by atoms with Gasteiger partial charge in [-0.05, 0) is 74.2 Å². The van der Waals surface area contributed by atoms with Crippen LogP contribution in [0, 0.1) is 0 Å². The monoisotopic (exact) mass is 560 g/mol. The van der Waals surface area contributed by atoms with Crippen LogP contribution in [0.5, 0.6) is 11.5 Å². The number of ether oxygens (including phenoxy) is 2. The fourth-order valence-corrected chi connectivity index (χ4v) is 4.58. The van der Waals surface area contributed by atoms with E-state index in [4.69, 9.17) is 13.9 Å². The minimum atomic E-state index is -0.806. The number of nitrogens with zero attached hydrogens (tertiary/aromatic N) is 1. The minimum absolute atomic E-state index is 0.100. The van der Waals surface area contributed by atoms with E-state index >= 15 is 0 Å². The molecule has 2 heterocycles. The average molecular weight is 561 g/mol. The number of hydrogen-bond donors (Lipinski definition) is 1. The predicted octanol–water partition coefficient (Wildman–Crippen LogP) is 5.44. The summed E-state index contributed by atoms with van der Waals surface area (Å²) in [5, 5.41) is 4.46. The lowest BCUT2D eigenvalue weighted by molar-refractivity contribution is -0.130. The van der Waals surface area contributed by atoms with Crippen LogP contribution in [0.2, 0.25) is 0 Å². The molecular formula is C28H21BrN2O6. The van der Waals surface area contributed by atoms with Crippen LogP contribution in [0.4, 0.5) is 4.79 Å². The number of carbonyl (C=O) groups excluding carboxylic acids is 3. The molecule has 0 radical (unpaired) electrons. The average Bonchev–Trinajstić information content (AvgIpc) is 3.41. The molecule has 4 amide bonds. The van der Waals surface area contributed by atoms with E-state index in [-0.39, 0.29) is 12.1 Å². The Bertz CT molecular complexity index is 1540. The van der Waals surface area contributed by atoms with Gasteiger partial charge in [0, 0.05) is 0 Å². The standard InChI is InChI=1S/C28H21BrN2O6/c1-35-24-14-18(12-22-26(32)30-28(34)31(27(22)33)15-21-7-4-10-36-21)13-23(29)25(24)37-16-17-8-9-19-5-2-3-6-20(19)11-17/h2-14H,15-16H2,1H3,(H,30,32,34)/b22-12+. The number of fused-ring (bicyclic) bond motifs is 1. The summed E-state index contributed by atoms with van der Waals surface area (Å²) >= 11 is 3.51. The molecule has 1 aliphatic rings. The normalized spacial score (nSPS) is 14.8. The van der Waals surface area contributed by atoms with Crippen LogP contribution in [0.3, 0.4) is 0 Å². The topological polar surface area (TPSA) is 98.1 Å². The third kappa shape index (κ3) is 5.12. The number of rotatable bonds is 7. The maximum absolute atomic E-state index is 13.0. The quantitative estimate of drug-likeness (QED) is 0.238. The molecule has 0 unspecified atom stereocenters. The number of halogens is 1. The van der Waals surface area contributed by atoms with Gasteiger partial charge in [0.1, 0.15) is 17.9 Å². The molecule has 3 aromatic carbocycles. The number of furan rings is 1. The molecule has 1 fully saturated rings. The smallest absolute Gasteiger partial charge is 0.331 e. The number of benzene rings is 3. The summed E-state index contributed by atoms with van der Waals surface area (Å²) in [4.78, 5) is 38.7. The SMILES string of the molecule is COc1cc(/C=C2\C(=O)NC(=O)N(Cc3ccco3)C2=O)cc(Br)c1OCc1ccc2ccccc2c1. The summed E-state index contributed by atoms with van der Waals surface area (Å²) in [6, 6.07) is 20.0. The molecule has 0 aliphatic carbocycles. The molecule has 5 rings (SSSR count). The fourth-order valence-electron chi connectivity index (χ4n) is 4.01. The largest absolute Gasteiger partial charge is 0.493 e. The molecule has 0 bridgehead atoms. The van der Waals surface area contributed by atoms with Crippen molar-refractivity contribution in [2.75, 3.05) is 7.11 Å². The molecule has 0 saturated carbocycles. The fraction of sp³-hybridized carbons (Fsp3) is 0.107. The molecule has 1 saturated heterocycles. The Morgan fingerprint density at radius 2 is 1.81 bits per heavy atom. The zero-order chi connectivity index (χ0) is 25.9. The van der Waals surface area contributed by atoms with Crippen molar-refractivity contribution in [2.24, 2.45) is 0 Å². The first-order chi connectivity index (χ1) is 17.9. The van der Waals surface area contributed by atoms with Gasteiger partial charge in [-0.3, -0.25) is 19.8 Å². The van der Waals surface area contributed by atoms with Gasteiger partial charge >= 0.3 is 6.03 Å². The van der Waals surface area contributed by atoms with Crippen molar-refractivity contribution in [3.05, 3.63) is 99.9 Å². The van der Waals surface area contributed by atoms with Crippen LogP contribution in [0.25, 0.3) is 16.8 Å². The van der Waals surface area contributed by atoms with Crippen molar-refractivity contribution >= 4 is 50.6 Å². The van der Waals surface area contributed by atoms with Crippen LogP contribution in [-0.2, 0) is 22.7 Å². The van der Waals surface area contributed by atoms with Crippen LogP contribution in [-0.4, -0.2) is 29.9 Å². The molecule has 186 valence electrons. The Hall–Kier alpha value is -4.37. The van der Waals surface area contributed by atoms with Crippen molar-refractivity contribution in [2.45, 2.75) is 13.2 Å². The summed E-state index contributed by atoms with van der Waals surface area (Å²) < 4.78 is 17.4. The zero-order valence-corrected chi connectivity index (χ0v) is 21.3. The first kappa shape index (κ1) is 24.3. The Morgan fingerprint density at radius 3 is 2.57 bits per heavy atom. The molecule has 1 aromatic heterocycles. The van der Waals surface area contributed by atoms with Crippen molar-refractivity contribution in [1.82, 2.24) is 10.2 Å². The molecule has 4 aromatic rings. The van der Waals surface area contributed by atoms with Crippen molar-refractivity contribution < 1.29 is 28.3 Å². The molecule has 37 heavy (non-hydrogen) atoms. The van der Waals surface area contributed by atoms with Gasteiger partial charge in [0.15, 0.2) is 11.5 Å². The number of urea groups is 1. The summed E-state index contributed by atoms with van der Waals surface area (Å²) in [7, 11) is 1.50. The summed E-state index contributed by atoms with van der Waals surface area (Å²) in [5.74, 6) is -0.204. The van der Waals surface area contributed by atoms with Crippen molar-refractivity contribution in [1.29, 1.82) is 0 Å². The Morgan fingerprint density at radius 1 is 1.00 bits per heavy atom. The molecule has 9 heteroatoms. The maximum atomic E-state index is 13.0. The van der Waals surface area contributed by atoms with Gasteiger partial charge < -0.3 is 13.9 Å². The highest BCUT2D eigenvalue weighted by Crippen LogP contribution is 2.38. The predicted molar refractivity (Wildman–Crippen MR) is 140 cm³/mol. The molecule has 0 spiro atoms. The summed E-state index contributed by atoms with van der Waals surface area (Å²) in [6.45, 7) is 0.210. The van der Waals surface area contributed by atoms with E-state index in [9.17, 15) is 14.4 Å². The molecular weight excluding hydrogens is 540 g/mol. The van der Waals surface area contributed by atoms with E-state index in [1.807, 2.05) is 30.3 Å². The number of imide groups is 2. The zero-order valence-electron chi connectivity index (χ0n) is 19.7. The number of methoxy groups -OCH3 is 1. The molecule has 0 atom stereocenters. The Kier molecular flexibility index (Phi) is 6.78. The van der Waals surface area contributed by atoms with E-state index in [2.05, 4.69) is 33.4 Å². The lowest BCUT2D eigenvalue weighted by Gasteiger charge is -2.25. The number of carbonyl (C=O) groups is 3. The first-order valence-corrected chi connectivity index (χ1v) is 12.1. The second kappa shape index (κ2) is 10.3. The van der Waals surface area contributed by atoms with E-state index < -0.39 is 17.8 Å². The van der Waals surface area contributed by atoms with Crippen molar-refractivity contribution in [3.8, 4) is 11.5 Å². The van der Waals surface area contributed by atoms with Gasteiger partial charge in [-0.25, -0.2) is 4.79 Å². The number of nitrogens with one attached hydrogen (secondary N) is 1. The highest BCUT2D eigenvalue weighted by atomic mass is 79.9. The molecule has 8 nitrogen and oxygen atoms in total. The van der Waals surface area contributed by atoms with Crippen LogP contribution in [0.15, 0.2) is 87.5 Å². The number of barbiturate groups is 1. The summed E-state index contributed by atoms with van der Waals surface area (Å²) in [6.07, 6.45) is 2.84. The highest BCUT2D eigenvalue weighted by molar-refractivity contribution is 9.10. The Labute approximate surface area is 220 Å². The Balaban J connectivity index is 1.39. The van der Waals surface area contributed by atoms with Gasteiger partial charge in [0.25, 0.3) is 11.8 Å². The van der Waals surface area contributed by atoms with Gasteiger partial charge in [0.2, 0.25) is 0 Å². The van der Waals surface area contributed by atoms with Gasteiger partial charge in [-0.2, -0.15) is 0 Å².